The van der Waals surface area contributed by atoms with Gasteiger partial charge in [-0.25, -0.2) is 0 Å². The van der Waals surface area contributed by atoms with Crippen LogP contribution in [-0.2, 0) is 22.3 Å². The zero-order chi connectivity index (χ0) is 18.2. The third-order valence-corrected chi connectivity index (χ3v) is 5.29. The van der Waals surface area contributed by atoms with Gasteiger partial charge in [-0.1, -0.05) is 64.5 Å². The SMILES string of the molecule is BrCCOC1CCc2ccccc21.OCCOC1CCc2ccccc21. The first kappa shape index (κ1) is 19.6. The Kier molecular flexibility index (Phi) is 7.69. The Morgan fingerprint density at radius 1 is 0.808 bits per heavy atom. The van der Waals surface area contributed by atoms with E-state index in [1.807, 2.05) is 6.07 Å². The second-order valence-electron chi connectivity index (χ2n) is 6.61. The van der Waals surface area contributed by atoms with E-state index in [-0.39, 0.29) is 12.7 Å². The topological polar surface area (TPSA) is 38.7 Å². The highest BCUT2D eigenvalue weighted by Crippen LogP contribution is 2.34. The third kappa shape index (κ3) is 4.95. The van der Waals surface area contributed by atoms with Gasteiger partial charge in [-0.3, -0.25) is 0 Å². The smallest absolute Gasteiger partial charge is 0.0831 e. The lowest BCUT2D eigenvalue weighted by Crippen LogP contribution is -2.04. The van der Waals surface area contributed by atoms with Gasteiger partial charge in [-0.15, -0.1) is 0 Å². The first-order valence-electron chi connectivity index (χ1n) is 9.39. The molecule has 0 spiro atoms. The minimum absolute atomic E-state index is 0.110. The van der Waals surface area contributed by atoms with E-state index in [0.29, 0.717) is 12.7 Å². The largest absolute Gasteiger partial charge is 0.394 e. The van der Waals surface area contributed by atoms with Crippen LogP contribution in [0.4, 0.5) is 0 Å². The van der Waals surface area contributed by atoms with E-state index in [1.165, 1.54) is 28.7 Å². The van der Waals surface area contributed by atoms with Crippen LogP contribution in [0.1, 0.15) is 47.3 Å². The molecule has 2 aromatic carbocycles. The van der Waals surface area contributed by atoms with Crippen molar-refractivity contribution < 1.29 is 14.6 Å². The van der Waals surface area contributed by atoms with E-state index in [4.69, 9.17) is 14.6 Å². The Labute approximate surface area is 164 Å². The fourth-order valence-electron chi connectivity index (χ4n) is 3.76. The predicted octanol–water partition coefficient (Wildman–Crippen LogP) is 4.77. The van der Waals surface area contributed by atoms with E-state index >= 15 is 0 Å². The van der Waals surface area contributed by atoms with Crippen LogP contribution >= 0.6 is 15.9 Å². The van der Waals surface area contributed by atoms with Crippen LogP contribution in [0.5, 0.6) is 0 Å². The number of aliphatic hydroxyl groups excluding tert-OH is 1. The van der Waals surface area contributed by atoms with Crippen molar-refractivity contribution >= 4 is 15.9 Å². The molecule has 2 aliphatic carbocycles. The maximum Gasteiger partial charge on any atom is 0.0831 e. The number of fused-ring (bicyclic) bond motifs is 2. The molecule has 26 heavy (non-hydrogen) atoms. The average molecular weight is 419 g/mol. The summed E-state index contributed by atoms with van der Waals surface area (Å²) in [4.78, 5) is 0. The van der Waals surface area contributed by atoms with Gasteiger partial charge >= 0.3 is 0 Å². The Hall–Kier alpha value is -1.20. The second-order valence-corrected chi connectivity index (χ2v) is 7.40. The molecule has 0 aromatic heterocycles. The molecule has 0 saturated heterocycles. The van der Waals surface area contributed by atoms with E-state index in [2.05, 4.69) is 58.4 Å². The highest BCUT2D eigenvalue weighted by atomic mass is 79.9. The molecule has 2 unspecified atom stereocenters. The maximum atomic E-state index is 8.65. The summed E-state index contributed by atoms with van der Waals surface area (Å²) in [5.74, 6) is 0. The summed E-state index contributed by atoms with van der Waals surface area (Å²) in [6.45, 7) is 1.36. The Bertz CT molecular complexity index is 629. The summed E-state index contributed by atoms with van der Waals surface area (Å²) < 4.78 is 11.3. The van der Waals surface area contributed by atoms with Crippen molar-refractivity contribution in [2.24, 2.45) is 0 Å². The maximum absolute atomic E-state index is 8.65. The molecule has 0 heterocycles. The number of hydrogen-bond acceptors (Lipinski definition) is 3. The summed E-state index contributed by atoms with van der Waals surface area (Å²) in [5, 5.41) is 9.57. The zero-order valence-corrected chi connectivity index (χ0v) is 16.7. The van der Waals surface area contributed by atoms with Crippen LogP contribution in [0.2, 0.25) is 0 Å². The summed E-state index contributed by atoms with van der Waals surface area (Å²) in [6.07, 6.45) is 5.03. The molecule has 1 N–H and O–H groups in total. The van der Waals surface area contributed by atoms with Gasteiger partial charge in [0.1, 0.15) is 0 Å². The molecule has 4 heteroatoms. The Morgan fingerprint density at radius 3 is 1.81 bits per heavy atom. The van der Waals surface area contributed by atoms with Crippen molar-refractivity contribution in [3.63, 3.8) is 0 Å². The third-order valence-electron chi connectivity index (χ3n) is 4.96. The van der Waals surface area contributed by atoms with E-state index in [1.54, 1.807) is 0 Å². The zero-order valence-electron chi connectivity index (χ0n) is 15.1. The van der Waals surface area contributed by atoms with Gasteiger partial charge < -0.3 is 14.6 Å². The highest BCUT2D eigenvalue weighted by Gasteiger charge is 2.22. The van der Waals surface area contributed by atoms with Gasteiger partial charge in [0, 0.05) is 5.33 Å². The van der Waals surface area contributed by atoms with Gasteiger partial charge in [0.15, 0.2) is 0 Å². The van der Waals surface area contributed by atoms with E-state index < -0.39 is 0 Å². The first-order valence-corrected chi connectivity index (χ1v) is 10.5. The van der Waals surface area contributed by atoms with Crippen LogP contribution in [0.25, 0.3) is 0 Å². The van der Waals surface area contributed by atoms with Crippen molar-refractivity contribution in [2.75, 3.05) is 25.2 Å². The molecule has 0 bridgehead atoms. The molecule has 3 nitrogen and oxygen atoms in total. The molecule has 4 rings (SSSR count). The molecule has 0 radical (unpaired) electrons. The molecular formula is C22H27BrO3. The molecule has 2 aliphatic rings. The minimum atomic E-state index is 0.110. The fourth-order valence-corrected chi connectivity index (χ4v) is 3.95. The number of aryl methyl sites for hydroxylation is 2. The van der Waals surface area contributed by atoms with Gasteiger partial charge in [-0.2, -0.15) is 0 Å². The van der Waals surface area contributed by atoms with Crippen LogP contribution in [-0.4, -0.2) is 30.3 Å². The molecule has 0 aliphatic heterocycles. The van der Waals surface area contributed by atoms with Crippen molar-refractivity contribution in [1.29, 1.82) is 0 Å². The number of rotatable bonds is 6. The number of alkyl halides is 1. The molecule has 140 valence electrons. The number of hydrogen-bond donors (Lipinski definition) is 1. The molecule has 0 saturated carbocycles. The van der Waals surface area contributed by atoms with Gasteiger partial charge in [0.25, 0.3) is 0 Å². The monoisotopic (exact) mass is 418 g/mol. The summed E-state index contributed by atoms with van der Waals surface area (Å²) >= 11 is 3.37. The lowest BCUT2D eigenvalue weighted by Gasteiger charge is -2.11. The lowest BCUT2D eigenvalue weighted by atomic mass is 10.1. The summed E-state index contributed by atoms with van der Waals surface area (Å²) in [6, 6.07) is 16.9. The molecule has 2 aromatic rings. The van der Waals surface area contributed by atoms with Crippen LogP contribution in [0.3, 0.4) is 0 Å². The summed E-state index contributed by atoms with van der Waals surface area (Å²) in [5.41, 5.74) is 5.55. The van der Waals surface area contributed by atoms with Crippen LogP contribution < -0.4 is 0 Å². The predicted molar refractivity (Wildman–Crippen MR) is 108 cm³/mol. The molecule has 0 amide bonds. The van der Waals surface area contributed by atoms with Crippen molar-refractivity contribution in [3.05, 3.63) is 70.8 Å². The molecule has 2 atom stereocenters. The van der Waals surface area contributed by atoms with Gasteiger partial charge in [0.05, 0.1) is 32.0 Å². The standard InChI is InChI=1S/C11H13BrO.C11H14O2/c2*12-7-8-13-11-6-5-9-3-1-2-4-10(9)11/h1-4,11H,5-8H2;1-4,11-12H,5-8H2. The minimum Gasteiger partial charge on any atom is -0.394 e. The fraction of sp³-hybridized carbons (Fsp3) is 0.455. The van der Waals surface area contributed by atoms with E-state index in [0.717, 1.165) is 31.2 Å². The number of halogens is 1. The number of benzene rings is 2. The number of aliphatic hydroxyl groups is 1. The number of ether oxygens (including phenoxy) is 2. The van der Waals surface area contributed by atoms with Crippen molar-refractivity contribution in [2.45, 2.75) is 37.9 Å². The summed E-state index contributed by atoms with van der Waals surface area (Å²) in [7, 11) is 0. The lowest BCUT2D eigenvalue weighted by molar-refractivity contribution is 0.0290. The van der Waals surface area contributed by atoms with Crippen molar-refractivity contribution in [3.8, 4) is 0 Å². The molecular weight excluding hydrogens is 392 g/mol. The second kappa shape index (κ2) is 10.2. The first-order chi connectivity index (χ1) is 12.8. The normalized spacial score (nSPS) is 20.2. The van der Waals surface area contributed by atoms with E-state index in [9.17, 15) is 0 Å². The Balaban J connectivity index is 0.000000151. The Morgan fingerprint density at radius 2 is 1.31 bits per heavy atom. The van der Waals surface area contributed by atoms with Gasteiger partial charge in [-0.05, 0) is 47.9 Å². The van der Waals surface area contributed by atoms with Crippen LogP contribution in [0, 0.1) is 0 Å². The van der Waals surface area contributed by atoms with Gasteiger partial charge in [0.2, 0.25) is 0 Å². The quantitative estimate of drug-likeness (QED) is 0.686. The molecule has 0 fully saturated rings. The van der Waals surface area contributed by atoms with Crippen LogP contribution in [0.15, 0.2) is 48.5 Å². The average Bonchev–Trinajstić information content (AvgIpc) is 3.29. The highest BCUT2D eigenvalue weighted by molar-refractivity contribution is 9.09. The van der Waals surface area contributed by atoms with Crippen molar-refractivity contribution in [1.82, 2.24) is 0 Å².